The molecule has 0 spiro atoms. The molecule has 0 aliphatic heterocycles. The molecular formula is C17H18ClN7. The molecule has 4 aromatic heterocycles. The zero-order chi connectivity index (χ0) is 17.1. The van der Waals surface area contributed by atoms with Crippen molar-refractivity contribution >= 4 is 33.7 Å². The van der Waals surface area contributed by atoms with Crippen molar-refractivity contribution in [2.75, 3.05) is 0 Å². The first-order valence-electron chi connectivity index (χ1n) is 8.47. The normalized spacial score (nSPS) is 20.9. The van der Waals surface area contributed by atoms with Crippen LogP contribution in [-0.2, 0) is 7.05 Å². The van der Waals surface area contributed by atoms with Crippen molar-refractivity contribution in [2.45, 2.75) is 38.1 Å². The second-order valence-corrected chi connectivity index (χ2v) is 7.27. The molecule has 1 saturated carbocycles. The molecule has 0 radical (unpaired) electrons. The number of halogens is 1. The van der Waals surface area contributed by atoms with Crippen molar-refractivity contribution in [3.63, 3.8) is 0 Å². The summed E-state index contributed by atoms with van der Waals surface area (Å²) in [6, 6.07) is 2.36. The zero-order valence-electron chi connectivity index (χ0n) is 14.1. The Morgan fingerprint density at radius 1 is 1.24 bits per heavy atom. The second kappa shape index (κ2) is 5.29. The van der Waals surface area contributed by atoms with Crippen LogP contribution in [0.1, 0.15) is 42.7 Å². The monoisotopic (exact) mass is 355 g/mol. The maximum absolute atomic E-state index is 6.42. The number of aromatic amines is 1. The summed E-state index contributed by atoms with van der Waals surface area (Å²) in [5.41, 5.74) is 3.75. The van der Waals surface area contributed by atoms with Gasteiger partial charge in [0, 0.05) is 30.1 Å². The Hall–Kier alpha value is -2.41. The maximum Gasteiger partial charge on any atom is 0.163 e. The molecule has 5 rings (SSSR count). The summed E-state index contributed by atoms with van der Waals surface area (Å²) in [7, 11) is 1.90. The molecule has 1 N–H and O–H groups in total. The number of hydrogen-bond acceptors (Lipinski definition) is 4. The SMILES string of the molecule is Cc1cc2c(Cl)nc3c(ncn3[C@H]3CC[C@@H](c4ncn(C)n4)C3)c2[nH]1. The van der Waals surface area contributed by atoms with Crippen molar-refractivity contribution in [3.05, 3.63) is 35.4 Å². The third kappa shape index (κ3) is 2.26. The third-order valence-corrected chi connectivity index (χ3v) is 5.45. The van der Waals surface area contributed by atoms with Gasteiger partial charge >= 0.3 is 0 Å². The Balaban J connectivity index is 1.55. The van der Waals surface area contributed by atoms with E-state index in [0.29, 0.717) is 17.1 Å². The van der Waals surface area contributed by atoms with Crippen LogP contribution in [0.25, 0.3) is 22.1 Å². The minimum Gasteiger partial charge on any atom is -0.357 e. The number of H-pyrrole nitrogens is 1. The molecule has 1 aliphatic rings. The molecule has 7 nitrogen and oxygen atoms in total. The number of imidazole rings is 1. The maximum atomic E-state index is 6.42. The van der Waals surface area contributed by atoms with Crippen LogP contribution in [-0.4, -0.2) is 34.3 Å². The number of rotatable bonds is 2. The first-order valence-corrected chi connectivity index (χ1v) is 8.85. The molecule has 4 aromatic rings. The Morgan fingerprint density at radius 2 is 2.12 bits per heavy atom. The lowest BCUT2D eigenvalue weighted by Gasteiger charge is -2.12. The predicted molar refractivity (Wildman–Crippen MR) is 95.8 cm³/mol. The first-order chi connectivity index (χ1) is 12.1. The number of nitrogens with zero attached hydrogens (tertiary/aromatic N) is 6. The van der Waals surface area contributed by atoms with E-state index >= 15 is 0 Å². The molecule has 1 fully saturated rings. The van der Waals surface area contributed by atoms with E-state index in [-0.39, 0.29) is 0 Å². The third-order valence-electron chi connectivity index (χ3n) is 5.16. The summed E-state index contributed by atoms with van der Waals surface area (Å²) in [4.78, 5) is 17.0. The molecule has 128 valence electrons. The van der Waals surface area contributed by atoms with Crippen molar-refractivity contribution < 1.29 is 0 Å². The van der Waals surface area contributed by atoms with Gasteiger partial charge in [0.05, 0.1) is 11.8 Å². The van der Waals surface area contributed by atoms with Gasteiger partial charge in [-0.3, -0.25) is 4.68 Å². The van der Waals surface area contributed by atoms with Gasteiger partial charge in [-0.25, -0.2) is 15.0 Å². The van der Waals surface area contributed by atoms with Crippen LogP contribution in [0.3, 0.4) is 0 Å². The molecule has 0 amide bonds. The highest BCUT2D eigenvalue weighted by Gasteiger charge is 2.31. The lowest BCUT2D eigenvalue weighted by atomic mass is 10.1. The lowest BCUT2D eigenvalue weighted by molar-refractivity contribution is 0.515. The summed E-state index contributed by atoms with van der Waals surface area (Å²) >= 11 is 6.42. The van der Waals surface area contributed by atoms with Gasteiger partial charge in [-0.05, 0) is 32.3 Å². The van der Waals surface area contributed by atoms with Crippen LogP contribution >= 0.6 is 11.6 Å². The van der Waals surface area contributed by atoms with E-state index < -0.39 is 0 Å². The topological polar surface area (TPSA) is 77.2 Å². The smallest absolute Gasteiger partial charge is 0.163 e. The van der Waals surface area contributed by atoms with E-state index in [4.69, 9.17) is 11.6 Å². The highest BCUT2D eigenvalue weighted by molar-refractivity contribution is 6.35. The van der Waals surface area contributed by atoms with Gasteiger partial charge < -0.3 is 9.55 Å². The van der Waals surface area contributed by atoms with E-state index in [1.807, 2.05) is 26.4 Å². The van der Waals surface area contributed by atoms with Crippen molar-refractivity contribution in [1.82, 2.24) is 34.3 Å². The molecule has 0 aromatic carbocycles. The Bertz CT molecular complexity index is 1090. The van der Waals surface area contributed by atoms with Gasteiger partial charge in [-0.2, -0.15) is 5.10 Å². The Labute approximate surface area is 149 Å². The van der Waals surface area contributed by atoms with Gasteiger partial charge in [-0.1, -0.05) is 11.6 Å². The summed E-state index contributed by atoms with van der Waals surface area (Å²) in [6.07, 6.45) is 6.79. The van der Waals surface area contributed by atoms with Crippen molar-refractivity contribution in [3.8, 4) is 0 Å². The van der Waals surface area contributed by atoms with Gasteiger partial charge in [0.15, 0.2) is 11.5 Å². The zero-order valence-corrected chi connectivity index (χ0v) is 14.8. The molecule has 4 heterocycles. The fourth-order valence-electron chi connectivity index (χ4n) is 3.99. The van der Waals surface area contributed by atoms with Crippen LogP contribution < -0.4 is 0 Å². The summed E-state index contributed by atoms with van der Waals surface area (Å²) in [5.74, 6) is 1.32. The van der Waals surface area contributed by atoms with Crippen LogP contribution in [0.4, 0.5) is 0 Å². The van der Waals surface area contributed by atoms with Gasteiger partial charge in [0.2, 0.25) is 0 Å². The number of pyridine rings is 1. The predicted octanol–water partition coefficient (Wildman–Crippen LogP) is 3.51. The Morgan fingerprint density at radius 3 is 2.92 bits per heavy atom. The number of aromatic nitrogens is 7. The summed E-state index contributed by atoms with van der Waals surface area (Å²) in [6.45, 7) is 2.01. The fraction of sp³-hybridized carbons (Fsp3) is 0.412. The van der Waals surface area contributed by atoms with E-state index in [0.717, 1.165) is 52.8 Å². The summed E-state index contributed by atoms with van der Waals surface area (Å²) in [5, 5.41) is 5.92. The van der Waals surface area contributed by atoms with Crippen LogP contribution in [0.2, 0.25) is 5.15 Å². The number of hydrogen-bond donors (Lipinski definition) is 1. The average Bonchev–Trinajstić information content (AvgIpc) is 3.31. The van der Waals surface area contributed by atoms with Crippen LogP contribution in [0.15, 0.2) is 18.7 Å². The highest BCUT2D eigenvalue weighted by Crippen LogP contribution is 2.41. The standard InChI is InChI=1S/C17H18ClN7/c1-9-5-12-13(21-9)14-17(22-15(12)18)25(8-19-14)11-4-3-10(6-11)16-20-7-24(2)23-16/h5,7-8,10-11,21H,3-4,6H2,1-2H3/t10-,11+/m1/s1. The molecular weight excluding hydrogens is 338 g/mol. The number of aryl methyl sites for hydroxylation is 2. The lowest BCUT2D eigenvalue weighted by Crippen LogP contribution is -2.06. The molecule has 0 saturated heterocycles. The van der Waals surface area contributed by atoms with Gasteiger partial charge in [0.1, 0.15) is 17.0 Å². The minimum absolute atomic E-state index is 0.343. The first kappa shape index (κ1) is 14.9. The van der Waals surface area contributed by atoms with Crippen LogP contribution in [0.5, 0.6) is 0 Å². The van der Waals surface area contributed by atoms with Crippen molar-refractivity contribution in [2.24, 2.45) is 7.05 Å². The quantitative estimate of drug-likeness (QED) is 0.558. The molecule has 1 aliphatic carbocycles. The minimum atomic E-state index is 0.343. The van der Waals surface area contributed by atoms with Gasteiger partial charge in [-0.15, -0.1) is 0 Å². The highest BCUT2D eigenvalue weighted by atomic mass is 35.5. The van der Waals surface area contributed by atoms with E-state index in [2.05, 4.69) is 29.6 Å². The molecule has 0 unspecified atom stereocenters. The molecule has 2 atom stereocenters. The van der Waals surface area contributed by atoms with Gasteiger partial charge in [0.25, 0.3) is 0 Å². The van der Waals surface area contributed by atoms with E-state index in [1.165, 1.54) is 0 Å². The van der Waals surface area contributed by atoms with Crippen LogP contribution in [0, 0.1) is 6.92 Å². The summed E-state index contributed by atoms with van der Waals surface area (Å²) < 4.78 is 3.93. The second-order valence-electron chi connectivity index (χ2n) is 6.91. The average molecular weight is 356 g/mol. The molecule has 0 bridgehead atoms. The fourth-order valence-corrected chi connectivity index (χ4v) is 4.22. The number of fused-ring (bicyclic) bond motifs is 3. The largest absolute Gasteiger partial charge is 0.357 e. The Kier molecular flexibility index (Phi) is 3.15. The van der Waals surface area contributed by atoms with E-state index in [9.17, 15) is 0 Å². The number of nitrogens with one attached hydrogen (secondary N) is 1. The van der Waals surface area contributed by atoms with E-state index in [1.54, 1.807) is 11.0 Å². The molecule has 25 heavy (non-hydrogen) atoms. The van der Waals surface area contributed by atoms with Crippen molar-refractivity contribution in [1.29, 1.82) is 0 Å². The molecule has 8 heteroatoms.